The van der Waals surface area contributed by atoms with Crippen LogP contribution in [0.25, 0.3) is 11.4 Å². The van der Waals surface area contributed by atoms with Crippen molar-refractivity contribution >= 4 is 6.29 Å². The molecule has 54 heavy (non-hydrogen) atoms. The number of hydrogen-bond acceptors (Lipinski definition) is 10. The summed E-state index contributed by atoms with van der Waals surface area (Å²) in [6.45, 7) is 7.00. The van der Waals surface area contributed by atoms with Crippen LogP contribution in [0.2, 0.25) is 0 Å². The van der Waals surface area contributed by atoms with Gasteiger partial charge in [0.1, 0.15) is 17.7 Å². The van der Waals surface area contributed by atoms with Gasteiger partial charge in [0.25, 0.3) is 0 Å². The van der Waals surface area contributed by atoms with E-state index >= 15 is 0 Å². The van der Waals surface area contributed by atoms with Crippen LogP contribution in [0.5, 0.6) is 0 Å². The second-order valence-electron chi connectivity index (χ2n) is 11.7. The van der Waals surface area contributed by atoms with Crippen molar-refractivity contribution in [2.24, 2.45) is 0 Å². The first-order valence-electron chi connectivity index (χ1n) is 16.9. The zero-order valence-corrected chi connectivity index (χ0v) is 29.1. The van der Waals surface area contributed by atoms with Crippen molar-refractivity contribution in [1.29, 1.82) is 0 Å². The third kappa shape index (κ3) is 8.97. The molecule has 6 heterocycles. The molecule has 2 saturated heterocycles. The summed E-state index contributed by atoms with van der Waals surface area (Å²) in [5.74, 6) is -2.25. The lowest BCUT2D eigenvalue weighted by molar-refractivity contribution is -0.0445. The highest BCUT2D eigenvalue weighted by molar-refractivity contribution is 5.73. The van der Waals surface area contributed by atoms with Gasteiger partial charge in [0.15, 0.2) is 18.9 Å². The SMILES string of the molecule is CCn1cc(C(O)c2cc(F)nn2-c2ccc(F)cc2C2OCCO2)cn1.CCn1cc(C=O)cn1.Fc1ccc(-n2ccc(F)n2)c(C2OCCO2)c1. The number of aryl methyl sites for hydroxylation is 2. The average Bonchev–Trinajstić information content (AvgIpc) is 4.03. The fourth-order valence-electron chi connectivity index (χ4n) is 5.57. The Morgan fingerprint density at radius 3 is 1.85 bits per heavy atom. The Kier molecular flexibility index (Phi) is 12.4. The number of carbonyl (C=O) groups excluding carboxylic acids is 1. The Balaban J connectivity index is 0.000000157. The number of aromatic nitrogens is 8. The van der Waals surface area contributed by atoms with Crippen molar-refractivity contribution in [2.75, 3.05) is 26.4 Å². The minimum absolute atomic E-state index is 0.189. The summed E-state index contributed by atoms with van der Waals surface area (Å²) < 4.78 is 81.6. The van der Waals surface area contributed by atoms with E-state index in [9.17, 15) is 27.5 Å². The molecular formula is C36H36F4N8O6. The lowest BCUT2D eigenvalue weighted by Crippen LogP contribution is -2.12. The Bertz CT molecular complexity index is 2160. The van der Waals surface area contributed by atoms with Gasteiger partial charge in [-0.15, -0.1) is 10.2 Å². The van der Waals surface area contributed by atoms with E-state index in [4.69, 9.17) is 18.9 Å². The zero-order chi connectivity index (χ0) is 38.2. The van der Waals surface area contributed by atoms with Crippen molar-refractivity contribution < 1.29 is 46.4 Å². The second-order valence-corrected chi connectivity index (χ2v) is 11.7. The first-order valence-corrected chi connectivity index (χ1v) is 16.9. The smallest absolute Gasteiger partial charge is 0.233 e. The van der Waals surface area contributed by atoms with Crippen LogP contribution < -0.4 is 0 Å². The van der Waals surface area contributed by atoms with Gasteiger partial charge in [-0.25, -0.2) is 18.1 Å². The van der Waals surface area contributed by atoms with E-state index in [0.29, 0.717) is 66.6 Å². The highest BCUT2D eigenvalue weighted by atomic mass is 19.1. The average molecular weight is 753 g/mol. The van der Waals surface area contributed by atoms with Gasteiger partial charge in [0.05, 0.1) is 61.5 Å². The van der Waals surface area contributed by atoms with Gasteiger partial charge in [-0.1, -0.05) is 0 Å². The number of carbonyl (C=O) groups is 1. The van der Waals surface area contributed by atoms with E-state index in [1.165, 1.54) is 64.2 Å². The first kappa shape index (κ1) is 38.2. The molecule has 0 bridgehead atoms. The number of aliphatic hydroxyl groups excluding tert-OH is 1. The molecule has 2 fully saturated rings. The number of aldehydes is 1. The van der Waals surface area contributed by atoms with Crippen molar-refractivity contribution in [1.82, 2.24) is 39.1 Å². The Morgan fingerprint density at radius 1 is 0.759 bits per heavy atom. The molecule has 1 atom stereocenters. The molecular weight excluding hydrogens is 716 g/mol. The van der Waals surface area contributed by atoms with Crippen molar-refractivity contribution in [2.45, 2.75) is 45.6 Å². The number of hydrogen-bond donors (Lipinski definition) is 1. The molecule has 0 spiro atoms. The summed E-state index contributed by atoms with van der Waals surface area (Å²) in [5.41, 5.74) is 3.08. The number of ether oxygens (including phenoxy) is 4. The van der Waals surface area contributed by atoms with Crippen LogP contribution >= 0.6 is 0 Å². The molecule has 1 unspecified atom stereocenters. The van der Waals surface area contributed by atoms with Gasteiger partial charge in [0.2, 0.25) is 11.9 Å². The quantitative estimate of drug-likeness (QED) is 0.150. The van der Waals surface area contributed by atoms with E-state index < -0.39 is 42.2 Å². The largest absolute Gasteiger partial charge is 0.382 e. The van der Waals surface area contributed by atoms with Crippen LogP contribution in [0.15, 0.2) is 79.5 Å². The molecule has 14 nitrogen and oxygen atoms in total. The van der Waals surface area contributed by atoms with Crippen molar-refractivity contribution in [3.63, 3.8) is 0 Å². The molecule has 18 heteroatoms. The fraction of sp³-hybridized carbons (Fsp3) is 0.306. The number of rotatable bonds is 9. The van der Waals surface area contributed by atoms with E-state index in [0.717, 1.165) is 18.9 Å². The van der Waals surface area contributed by atoms with Crippen LogP contribution in [-0.2, 0) is 32.0 Å². The first-order chi connectivity index (χ1) is 26.2. The molecule has 2 aromatic carbocycles. The highest BCUT2D eigenvalue weighted by Gasteiger charge is 2.27. The summed E-state index contributed by atoms with van der Waals surface area (Å²) in [5, 5.41) is 26.3. The monoisotopic (exact) mass is 752 g/mol. The van der Waals surface area contributed by atoms with Crippen LogP contribution in [0.1, 0.15) is 65.3 Å². The number of benzene rings is 2. The van der Waals surface area contributed by atoms with E-state index in [-0.39, 0.29) is 5.69 Å². The maximum Gasteiger partial charge on any atom is 0.233 e. The summed E-state index contributed by atoms with van der Waals surface area (Å²) in [6.07, 6.45) is 6.13. The second kappa shape index (κ2) is 17.5. The maximum absolute atomic E-state index is 14.0. The molecule has 1 N–H and O–H groups in total. The summed E-state index contributed by atoms with van der Waals surface area (Å²) >= 11 is 0. The van der Waals surface area contributed by atoms with Gasteiger partial charge >= 0.3 is 0 Å². The zero-order valence-electron chi connectivity index (χ0n) is 29.1. The summed E-state index contributed by atoms with van der Waals surface area (Å²) in [4.78, 5) is 10.1. The lowest BCUT2D eigenvalue weighted by atomic mass is 10.1. The molecule has 0 aliphatic carbocycles. The number of aliphatic hydroxyl groups is 1. The summed E-state index contributed by atoms with van der Waals surface area (Å²) in [6, 6.07) is 10.4. The van der Waals surface area contributed by atoms with Gasteiger partial charge in [-0.2, -0.15) is 19.0 Å². The molecule has 0 radical (unpaired) electrons. The summed E-state index contributed by atoms with van der Waals surface area (Å²) in [7, 11) is 0. The third-order valence-corrected chi connectivity index (χ3v) is 8.16. The normalized spacial score (nSPS) is 15.1. The van der Waals surface area contributed by atoms with Crippen molar-refractivity contribution in [3.8, 4) is 11.4 Å². The van der Waals surface area contributed by atoms with Crippen LogP contribution in [0.4, 0.5) is 17.6 Å². The van der Waals surface area contributed by atoms with Crippen molar-refractivity contribution in [3.05, 3.63) is 131 Å². The van der Waals surface area contributed by atoms with Crippen LogP contribution in [0, 0.1) is 23.5 Å². The standard InChI is InChI=1S/C18H18F2N4O3.C12H10F2N2O2.C6H8N2O/c1-2-23-10-11(9-21-23)17(25)15-8-16(20)22-24(15)14-4-3-12(19)7-13(14)18-26-5-6-27-18;13-8-1-2-10(16-4-3-11(14)15-16)9(7-8)12-17-5-6-18-12;1-2-8-4-6(5-9)3-7-8/h3-4,7-10,17-18,25H,2,5-6H2,1H3;1-4,7,12H,5-6H2;3-5H,2H2,1H3. The molecule has 0 saturated carbocycles. The number of halogens is 4. The Hall–Kier alpha value is -5.53. The van der Waals surface area contributed by atoms with Gasteiger partial charge < -0.3 is 24.1 Å². The molecule has 2 aliphatic rings. The number of nitrogens with zero attached hydrogens (tertiary/aromatic N) is 8. The van der Waals surface area contributed by atoms with Gasteiger partial charge in [0, 0.05) is 60.5 Å². The highest BCUT2D eigenvalue weighted by Crippen LogP contribution is 2.33. The van der Waals surface area contributed by atoms with Gasteiger partial charge in [-0.3, -0.25) is 14.2 Å². The van der Waals surface area contributed by atoms with Crippen LogP contribution in [0.3, 0.4) is 0 Å². The topological polar surface area (TPSA) is 145 Å². The van der Waals surface area contributed by atoms with E-state index in [1.807, 2.05) is 13.8 Å². The minimum atomic E-state index is -1.16. The third-order valence-electron chi connectivity index (χ3n) is 8.16. The van der Waals surface area contributed by atoms with E-state index in [1.54, 1.807) is 28.0 Å². The van der Waals surface area contributed by atoms with Gasteiger partial charge in [-0.05, 0) is 50.2 Å². The molecule has 8 rings (SSSR count). The molecule has 284 valence electrons. The predicted octanol–water partition coefficient (Wildman–Crippen LogP) is 5.41. The Labute approximate surface area is 306 Å². The minimum Gasteiger partial charge on any atom is -0.382 e. The molecule has 6 aromatic rings. The van der Waals surface area contributed by atoms with E-state index in [2.05, 4.69) is 20.4 Å². The molecule has 4 aromatic heterocycles. The predicted molar refractivity (Wildman–Crippen MR) is 182 cm³/mol. The molecule has 2 aliphatic heterocycles. The maximum atomic E-state index is 14.0. The van der Waals surface area contributed by atoms with Crippen LogP contribution in [-0.4, -0.2) is 76.9 Å². The molecule has 0 amide bonds. The lowest BCUT2D eigenvalue weighted by Gasteiger charge is -2.18. The fourth-order valence-corrected chi connectivity index (χ4v) is 5.57. The Morgan fingerprint density at radius 2 is 1.33 bits per heavy atom.